The number of nitro benzene ring substituents is 1. The second kappa shape index (κ2) is 6.21. The molecule has 0 aromatic heterocycles. The topological polar surface area (TPSA) is 127 Å². The number of amides is 2. The number of nitrogens with zero attached hydrogens (tertiary/aromatic N) is 1. The Morgan fingerprint density at radius 2 is 1.95 bits per heavy atom. The van der Waals surface area contributed by atoms with E-state index in [9.17, 15) is 19.7 Å². The smallest absolute Gasteiger partial charge is 0.292 e. The van der Waals surface area contributed by atoms with Crippen molar-refractivity contribution in [2.45, 2.75) is 26.3 Å². The number of anilines is 1. The summed E-state index contributed by atoms with van der Waals surface area (Å²) in [7, 11) is 0. The summed E-state index contributed by atoms with van der Waals surface area (Å²) in [5, 5.41) is 16.3. The normalized spacial score (nSPS) is 10.8. The molecule has 21 heavy (non-hydrogen) atoms. The fraction of sp³-hybridized carbons (Fsp3) is 0.385. The Hall–Kier alpha value is -2.64. The summed E-state index contributed by atoms with van der Waals surface area (Å²) in [6, 6.07) is 3.69. The fourth-order valence-electron chi connectivity index (χ4n) is 1.63. The molecular formula is C13H18N4O4. The second-order valence-corrected chi connectivity index (χ2v) is 5.51. The minimum absolute atomic E-state index is 0.0698. The summed E-state index contributed by atoms with van der Waals surface area (Å²) in [5.41, 5.74) is 4.69. The Morgan fingerprint density at radius 1 is 1.33 bits per heavy atom. The minimum Gasteiger partial charge on any atom is -0.371 e. The van der Waals surface area contributed by atoms with Crippen molar-refractivity contribution >= 4 is 23.2 Å². The lowest BCUT2D eigenvalue weighted by molar-refractivity contribution is -0.383. The van der Waals surface area contributed by atoms with E-state index in [4.69, 9.17) is 5.73 Å². The Morgan fingerprint density at radius 3 is 2.43 bits per heavy atom. The monoisotopic (exact) mass is 294 g/mol. The van der Waals surface area contributed by atoms with Crippen LogP contribution in [0.1, 0.15) is 31.1 Å². The number of nitrogens with two attached hydrogens (primary N) is 1. The van der Waals surface area contributed by atoms with E-state index in [1.54, 1.807) is 0 Å². The molecule has 0 aliphatic carbocycles. The zero-order chi connectivity index (χ0) is 16.2. The third kappa shape index (κ3) is 5.09. The Bertz CT molecular complexity index is 578. The van der Waals surface area contributed by atoms with E-state index in [0.717, 1.165) is 0 Å². The van der Waals surface area contributed by atoms with Crippen LogP contribution < -0.4 is 16.4 Å². The zero-order valence-corrected chi connectivity index (χ0v) is 12.1. The molecule has 114 valence electrons. The summed E-state index contributed by atoms with van der Waals surface area (Å²) in [4.78, 5) is 33.1. The van der Waals surface area contributed by atoms with E-state index in [2.05, 4.69) is 10.6 Å². The first-order valence-corrected chi connectivity index (χ1v) is 6.23. The predicted octanol–water partition coefficient (Wildman–Crippen LogP) is 1.02. The largest absolute Gasteiger partial charge is 0.371 e. The van der Waals surface area contributed by atoms with Crippen molar-refractivity contribution in [3.63, 3.8) is 0 Å². The van der Waals surface area contributed by atoms with Gasteiger partial charge >= 0.3 is 0 Å². The molecule has 0 fully saturated rings. The van der Waals surface area contributed by atoms with E-state index in [0.29, 0.717) is 0 Å². The van der Waals surface area contributed by atoms with E-state index in [1.807, 2.05) is 20.8 Å². The number of hydrogen-bond acceptors (Lipinski definition) is 5. The van der Waals surface area contributed by atoms with Crippen LogP contribution in [-0.2, 0) is 4.79 Å². The fourth-order valence-corrected chi connectivity index (χ4v) is 1.63. The Kier molecular flexibility index (Phi) is 4.85. The van der Waals surface area contributed by atoms with Crippen LogP contribution in [0.3, 0.4) is 0 Å². The maximum atomic E-state index is 11.7. The van der Waals surface area contributed by atoms with Crippen molar-refractivity contribution in [3.05, 3.63) is 33.9 Å². The maximum absolute atomic E-state index is 11.7. The molecule has 0 saturated heterocycles. The van der Waals surface area contributed by atoms with Crippen molar-refractivity contribution in [1.29, 1.82) is 0 Å². The standard InChI is InChI=1S/C13H18N4O4/c1-13(2,3)16-11(18)7-15-9-6-8(12(14)19)4-5-10(9)17(20)21/h4-6,15H,7H2,1-3H3,(H2,14,19)(H,16,18). The first-order valence-electron chi connectivity index (χ1n) is 6.23. The maximum Gasteiger partial charge on any atom is 0.292 e. The van der Waals surface area contributed by atoms with Crippen molar-refractivity contribution in [2.24, 2.45) is 5.73 Å². The predicted molar refractivity (Wildman–Crippen MR) is 78.0 cm³/mol. The molecule has 0 saturated carbocycles. The van der Waals surface area contributed by atoms with Gasteiger partial charge in [0.2, 0.25) is 11.8 Å². The van der Waals surface area contributed by atoms with Crippen molar-refractivity contribution in [1.82, 2.24) is 5.32 Å². The van der Waals surface area contributed by atoms with Gasteiger partial charge in [-0.2, -0.15) is 0 Å². The summed E-state index contributed by atoms with van der Waals surface area (Å²) in [6.45, 7) is 5.31. The number of nitrogens with one attached hydrogen (secondary N) is 2. The number of nitro groups is 1. The van der Waals surface area contributed by atoms with Gasteiger partial charge in [-0.05, 0) is 32.9 Å². The van der Waals surface area contributed by atoms with Crippen molar-refractivity contribution in [2.75, 3.05) is 11.9 Å². The molecule has 0 bridgehead atoms. The van der Waals surface area contributed by atoms with Gasteiger partial charge in [-0.25, -0.2) is 0 Å². The lowest BCUT2D eigenvalue weighted by Crippen LogP contribution is -2.43. The van der Waals surface area contributed by atoms with Gasteiger partial charge < -0.3 is 16.4 Å². The summed E-state index contributed by atoms with van der Waals surface area (Å²) in [5.74, 6) is -1.02. The summed E-state index contributed by atoms with van der Waals surface area (Å²) >= 11 is 0. The molecule has 0 radical (unpaired) electrons. The first kappa shape index (κ1) is 16.4. The molecule has 0 unspecified atom stereocenters. The number of carbonyl (C=O) groups is 2. The molecule has 0 spiro atoms. The average molecular weight is 294 g/mol. The van der Waals surface area contributed by atoms with Gasteiger partial charge in [0.05, 0.1) is 11.5 Å². The van der Waals surface area contributed by atoms with Gasteiger partial charge in [0, 0.05) is 17.2 Å². The molecule has 0 aliphatic rings. The lowest BCUT2D eigenvalue weighted by atomic mass is 10.1. The minimum atomic E-state index is -0.702. The molecule has 0 aliphatic heterocycles. The molecular weight excluding hydrogens is 276 g/mol. The molecule has 8 nitrogen and oxygen atoms in total. The Balaban J connectivity index is 2.90. The molecule has 1 aromatic rings. The Labute approximate surface area is 121 Å². The second-order valence-electron chi connectivity index (χ2n) is 5.51. The van der Waals surface area contributed by atoms with Crippen LogP contribution in [0.4, 0.5) is 11.4 Å². The van der Waals surface area contributed by atoms with Gasteiger partial charge in [-0.3, -0.25) is 19.7 Å². The third-order valence-corrected chi connectivity index (χ3v) is 2.43. The van der Waals surface area contributed by atoms with Crippen molar-refractivity contribution in [3.8, 4) is 0 Å². The third-order valence-electron chi connectivity index (χ3n) is 2.43. The molecule has 0 heterocycles. The molecule has 0 atom stereocenters. The van der Waals surface area contributed by atoms with E-state index in [1.165, 1.54) is 18.2 Å². The van der Waals surface area contributed by atoms with Crippen LogP contribution in [-0.4, -0.2) is 28.8 Å². The van der Waals surface area contributed by atoms with E-state index >= 15 is 0 Å². The summed E-state index contributed by atoms with van der Waals surface area (Å²) < 4.78 is 0. The number of hydrogen-bond donors (Lipinski definition) is 3. The van der Waals surface area contributed by atoms with Crippen molar-refractivity contribution < 1.29 is 14.5 Å². The van der Waals surface area contributed by atoms with Crippen LogP contribution in [0.25, 0.3) is 0 Å². The number of rotatable bonds is 5. The number of benzene rings is 1. The van der Waals surface area contributed by atoms with Crippen LogP contribution in [0.15, 0.2) is 18.2 Å². The lowest BCUT2D eigenvalue weighted by Gasteiger charge is -2.20. The number of carbonyl (C=O) groups excluding carboxylic acids is 2. The molecule has 8 heteroatoms. The highest BCUT2D eigenvalue weighted by Crippen LogP contribution is 2.25. The average Bonchev–Trinajstić information content (AvgIpc) is 2.33. The van der Waals surface area contributed by atoms with Gasteiger partial charge in [0.25, 0.3) is 5.69 Å². The highest BCUT2D eigenvalue weighted by atomic mass is 16.6. The molecule has 2 amide bonds. The SMILES string of the molecule is CC(C)(C)NC(=O)CNc1cc(C(N)=O)ccc1[N+](=O)[O-]. The van der Waals surface area contributed by atoms with Crippen LogP contribution in [0, 0.1) is 10.1 Å². The van der Waals surface area contributed by atoms with Crippen LogP contribution >= 0.6 is 0 Å². The number of primary amides is 1. The molecule has 1 rings (SSSR count). The summed E-state index contributed by atoms with van der Waals surface area (Å²) in [6.07, 6.45) is 0. The van der Waals surface area contributed by atoms with E-state index in [-0.39, 0.29) is 29.4 Å². The van der Waals surface area contributed by atoms with Gasteiger partial charge in [-0.1, -0.05) is 0 Å². The highest BCUT2D eigenvalue weighted by molar-refractivity contribution is 5.95. The zero-order valence-electron chi connectivity index (χ0n) is 12.1. The van der Waals surface area contributed by atoms with Gasteiger partial charge in [-0.15, -0.1) is 0 Å². The van der Waals surface area contributed by atoms with Crippen LogP contribution in [0.5, 0.6) is 0 Å². The first-order chi connectivity index (χ1) is 9.60. The molecule has 1 aromatic carbocycles. The highest BCUT2D eigenvalue weighted by Gasteiger charge is 2.18. The quantitative estimate of drug-likeness (QED) is 0.552. The van der Waals surface area contributed by atoms with Gasteiger partial charge in [0.15, 0.2) is 0 Å². The molecule has 4 N–H and O–H groups in total. The van der Waals surface area contributed by atoms with Gasteiger partial charge in [0.1, 0.15) is 5.69 Å². The van der Waals surface area contributed by atoms with Crippen LogP contribution in [0.2, 0.25) is 0 Å². The van der Waals surface area contributed by atoms with E-state index < -0.39 is 16.4 Å².